The van der Waals surface area contributed by atoms with Crippen molar-refractivity contribution in [2.45, 2.75) is 59.7 Å². The average Bonchev–Trinajstić information content (AvgIpc) is 2.74. The summed E-state index contributed by atoms with van der Waals surface area (Å²) in [6, 6.07) is 10.2. The van der Waals surface area contributed by atoms with E-state index in [1.165, 1.54) is 4.90 Å². The molecule has 0 aliphatic heterocycles. The topological polar surface area (TPSA) is 58.6 Å². The van der Waals surface area contributed by atoms with E-state index >= 15 is 0 Å². The first-order valence-corrected chi connectivity index (χ1v) is 11.1. The number of halogens is 2. The van der Waals surface area contributed by atoms with Crippen LogP contribution in [0.3, 0.4) is 0 Å². The Kier molecular flexibility index (Phi) is 9.20. The molecule has 5 nitrogen and oxygen atoms in total. The van der Waals surface area contributed by atoms with Crippen molar-refractivity contribution in [1.82, 2.24) is 10.2 Å². The Balaban J connectivity index is 2.21. The first-order chi connectivity index (χ1) is 14.6. The molecule has 0 spiro atoms. The molecular weight excluding hydrogens is 435 g/mol. The standard InChI is InChI=1S/C24H30Cl2N2O3/c1-6-17(4)27-24(30)18(5)28(13-19-9-7-8-10-21(19)25)22(29)14-31-20-11-15(2)23(26)16(3)12-20/h7-12,17-18H,6,13-14H2,1-5H3,(H,27,30)/t17-,18+/m0/s1. The lowest BCUT2D eigenvalue weighted by Crippen LogP contribution is -2.50. The second kappa shape index (κ2) is 11.4. The van der Waals surface area contributed by atoms with Crippen molar-refractivity contribution >= 4 is 35.0 Å². The molecule has 2 rings (SSSR count). The van der Waals surface area contributed by atoms with E-state index in [9.17, 15) is 9.59 Å². The summed E-state index contributed by atoms with van der Waals surface area (Å²) in [7, 11) is 0. The summed E-state index contributed by atoms with van der Waals surface area (Å²) in [6.07, 6.45) is 0.801. The number of nitrogens with zero attached hydrogens (tertiary/aromatic N) is 1. The van der Waals surface area contributed by atoms with Gasteiger partial charge in [0.05, 0.1) is 0 Å². The van der Waals surface area contributed by atoms with Gasteiger partial charge in [0, 0.05) is 22.6 Å². The van der Waals surface area contributed by atoms with Gasteiger partial charge >= 0.3 is 0 Å². The molecule has 2 atom stereocenters. The van der Waals surface area contributed by atoms with Gasteiger partial charge in [0.1, 0.15) is 11.8 Å². The van der Waals surface area contributed by atoms with Crippen LogP contribution >= 0.6 is 23.2 Å². The number of rotatable bonds is 9. The molecule has 2 aromatic carbocycles. The van der Waals surface area contributed by atoms with Gasteiger partial charge in [-0.2, -0.15) is 0 Å². The normalized spacial score (nSPS) is 12.7. The number of aryl methyl sites for hydroxylation is 2. The lowest BCUT2D eigenvalue weighted by Gasteiger charge is -2.30. The van der Waals surface area contributed by atoms with Crippen LogP contribution in [-0.2, 0) is 16.1 Å². The van der Waals surface area contributed by atoms with Crippen LogP contribution in [0, 0.1) is 13.8 Å². The van der Waals surface area contributed by atoms with Crippen molar-refractivity contribution in [1.29, 1.82) is 0 Å². The molecule has 0 unspecified atom stereocenters. The number of carbonyl (C=O) groups is 2. The van der Waals surface area contributed by atoms with Crippen LogP contribution in [0.2, 0.25) is 10.0 Å². The molecule has 2 aromatic rings. The zero-order valence-corrected chi connectivity index (χ0v) is 20.2. The van der Waals surface area contributed by atoms with Gasteiger partial charge in [-0.15, -0.1) is 0 Å². The molecular formula is C24H30Cl2N2O3. The molecule has 0 radical (unpaired) electrons. The number of benzene rings is 2. The highest BCUT2D eigenvalue weighted by Crippen LogP contribution is 2.26. The Morgan fingerprint density at radius 1 is 1.10 bits per heavy atom. The van der Waals surface area contributed by atoms with Gasteiger partial charge in [-0.25, -0.2) is 0 Å². The first kappa shape index (κ1) is 25.0. The molecule has 168 valence electrons. The first-order valence-electron chi connectivity index (χ1n) is 10.4. The Morgan fingerprint density at radius 2 is 1.71 bits per heavy atom. The van der Waals surface area contributed by atoms with Crippen molar-refractivity contribution in [2.24, 2.45) is 0 Å². The fourth-order valence-electron chi connectivity index (χ4n) is 3.08. The smallest absolute Gasteiger partial charge is 0.261 e. The fraction of sp³-hybridized carbons (Fsp3) is 0.417. The number of nitrogens with one attached hydrogen (secondary N) is 1. The third-order valence-electron chi connectivity index (χ3n) is 5.24. The summed E-state index contributed by atoms with van der Waals surface area (Å²) in [4.78, 5) is 27.4. The van der Waals surface area contributed by atoms with Crippen LogP contribution in [0.5, 0.6) is 5.75 Å². The largest absolute Gasteiger partial charge is 0.484 e. The Labute approximate surface area is 194 Å². The van der Waals surface area contributed by atoms with Gasteiger partial charge in [-0.05, 0) is 69.0 Å². The quantitative estimate of drug-likeness (QED) is 0.545. The molecule has 2 amide bonds. The van der Waals surface area contributed by atoms with Gasteiger partial charge in [-0.1, -0.05) is 48.3 Å². The molecule has 7 heteroatoms. The second-order valence-electron chi connectivity index (χ2n) is 7.77. The molecule has 31 heavy (non-hydrogen) atoms. The average molecular weight is 465 g/mol. The van der Waals surface area contributed by atoms with E-state index in [0.717, 1.165) is 23.1 Å². The van der Waals surface area contributed by atoms with Crippen LogP contribution in [0.25, 0.3) is 0 Å². The number of amides is 2. The number of hydrogen-bond donors (Lipinski definition) is 1. The molecule has 0 bridgehead atoms. The lowest BCUT2D eigenvalue weighted by atomic mass is 10.1. The SMILES string of the molecule is CC[C@H](C)NC(=O)[C@@H](C)N(Cc1ccccc1Cl)C(=O)COc1cc(C)c(Cl)c(C)c1. The number of carbonyl (C=O) groups excluding carboxylic acids is 2. The maximum Gasteiger partial charge on any atom is 0.261 e. The molecule has 0 heterocycles. The van der Waals surface area contributed by atoms with Crippen molar-refractivity contribution in [3.8, 4) is 5.75 Å². The minimum Gasteiger partial charge on any atom is -0.484 e. The minimum atomic E-state index is -0.685. The number of ether oxygens (including phenoxy) is 1. The molecule has 1 N–H and O–H groups in total. The monoisotopic (exact) mass is 464 g/mol. The van der Waals surface area contributed by atoms with Crippen molar-refractivity contribution in [3.05, 3.63) is 63.1 Å². The summed E-state index contributed by atoms with van der Waals surface area (Å²) in [5, 5.41) is 4.16. The Bertz CT molecular complexity index is 910. The predicted octanol–water partition coefficient (Wildman–Crippen LogP) is 5.32. The Hall–Kier alpha value is -2.24. The van der Waals surface area contributed by atoms with E-state index in [4.69, 9.17) is 27.9 Å². The summed E-state index contributed by atoms with van der Waals surface area (Å²) in [5.41, 5.74) is 2.51. The van der Waals surface area contributed by atoms with Crippen LogP contribution < -0.4 is 10.1 Å². The lowest BCUT2D eigenvalue weighted by molar-refractivity contribution is -0.142. The highest BCUT2D eigenvalue weighted by molar-refractivity contribution is 6.32. The van der Waals surface area contributed by atoms with E-state index in [1.807, 2.05) is 45.9 Å². The van der Waals surface area contributed by atoms with Crippen LogP contribution in [0.15, 0.2) is 36.4 Å². The molecule has 0 aromatic heterocycles. The van der Waals surface area contributed by atoms with Crippen LogP contribution in [-0.4, -0.2) is 35.4 Å². The third kappa shape index (κ3) is 6.88. The van der Waals surface area contributed by atoms with Crippen LogP contribution in [0.4, 0.5) is 0 Å². The molecule has 0 aliphatic carbocycles. The summed E-state index contributed by atoms with van der Waals surface area (Å²) in [6.45, 7) is 9.40. The molecule has 0 saturated heterocycles. The third-order valence-corrected chi connectivity index (χ3v) is 6.20. The van der Waals surface area contributed by atoms with Gasteiger partial charge < -0.3 is 15.0 Å². The number of hydrogen-bond acceptors (Lipinski definition) is 3. The van der Waals surface area contributed by atoms with E-state index in [-0.39, 0.29) is 31.0 Å². The van der Waals surface area contributed by atoms with E-state index < -0.39 is 6.04 Å². The zero-order chi connectivity index (χ0) is 23.1. The fourth-order valence-corrected chi connectivity index (χ4v) is 3.38. The van der Waals surface area contributed by atoms with Gasteiger partial charge in [0.2, 0.25) is 5.91 Å². The zero-order valence-electron chi connectivity index (χ0n) is 18.7. The molecule has 0 aliphatic rings. The molecule has 0 fully saturated rings. The summed E-state index contributed by atoms with van der Waals surface area (Å²) >= 11 is 12.5. The maximum absolute atomic E-state index is 13.1. The molecule has 0 saturated carbocycles. The van der Waals surface area contributed by atoms with Crippen molar-refractivity contribution in [2.75, 3.05) is 6.61 Å². The van der Waals surface area contributed by atoms with E-state index in [2.05, 4.69) is 5.32 Å². The van der Waals surface area contributed by atoms with Gasteiger partial charge in [0.25, 0.3) is 5.91 Å². The summed E-state index contributed by atoms with van der Waals surface area (Å²) < 4.78 is 5.75. The van der Waals surface area contributed by atoms with Crippen LogP contribution in [0.1, 0.15) is 43.9 Å². The van der Waals surface area contributed by atoms with E-state index in [1.54, 1.807) is 25.1 Å². The highest BCUT2D eigenvalue weighted by Gasteiger charge is 2.27. The summed E-state index contributed by atoms with van der Waals surface area (Å²) in [5.74, 6) is 0.0343. The van der Waals surface area contributed by atoms with Crippen molar-refractivity contribution < 1.29 is 14.3 Å². The minimum absolute atomic E-state index is 0.0171. The highest BCUT2D eigenvalue weighted by atomic mass is 35.5. The van der Waals surface area contributed by atoms with E-state index in [0.29, 0.717) is 15.8 Å². The second-order valence-corrected chi connectivity index (χ2v) is 8.55. The van der Waals surface area contributed by atoms with Crippen molar-refractivity contribution in [3.63, 3.8) is 0 Å². The predicted molar refractivity (Wildman–Crippen MR) is 126 cm³/mol. The maximum atomic E-state index is 13.1. The van der Waals surface area contributed by atoms with Gasteiger partial charge in [-0.3, -0.25) is 9.59 Å². The van der Waals surface area contributed by atoms with Gasteiger partial charge in [0.15, 0.2) is 6.61 Å². The Morgan fingerprint density at radius 3 is 2.29 bits per heavy atom.